The van der Waals surface area contributed by atoms with E-state index in [0.717, 1.165) is 44.0 Å². The molecule has 2 aromatic carbocycles. The number of alkyl halides is 1. The summed E-state index contributed by atoms with van der Waals surface area (Å²) in [6.07, 6.45) is 1.40. The smallest absolute Gasteiger partial charge is 0.332 e. The molecule has 2 aromatic heterocycles. The number of nitrogens with zero attached hydrogens (tertiary/aromatic N) is 4. The molecule has 0 aliphatic carbocycles. The van der Waals surface area contributed by atoms with Crippen LogP contribution in [-0.2, 0) is 15.7 Å². The maximum absolute atomic E-state index is 13.5. The molecule has 0 saturated carbocycles. The Balaban J connectivity index is 1.30. The molecule has 1 fully saturated rings. The van der Waals surface area contributed by atoms with Crippen LogP contribution in [0.2, 0.25) is 5.02 Å². The van der Waals surface area contributed by atoms with Gasteiger partial charge in [0, 0.05) is 35.8 Å². The molecule has 2 aliphatic heterocycles. The predicted molar refractivity (Wildman–Crippen MR) is 165 cm³/mol. The summed E-state index contributed by atoms with van der Waals surface area (Å²) in [7, 11) is 1.52. The van der Waals surface area contributed by atoms with Crippen molar-refractivity contribution in [1.29, 1.82) is 0 Å². The largest absolute Gasteiger partial charge is 0.495 e. The predicted octanol–water partition coefficient (Wildman–Crippen LogP) is 6.06. The number of ether oxygens (including phenoxy) is 2. The number of morpholine rings is 1. The zero-order chi connectivity index (χ0) is 27.8. The number of aromatic nitrogens is 2. The first-order valence-corrected chi connectivity index (χ1v) is 15.2. The number of anilines is 4. The average Bonchev–Trinajstić information content (AvgIpc) is 3.34. The summed E-state index contributed by atoms with van der Waals surface area (Å²) in [6, 6.07) is 10.8. The Morgan fingerprint density at radius 2 is 2.00 bits per heavy atom. The van der Waals surface area contributed by atoms with Gasteiger partial charge in [0.15, 0.2) is 5.82 Å². The highest BCUT2D eigenvalue weighted by molar-refractivity contribution is 14.1. The number of amides is 3. The van der Waals surface area contributed by atoms with Crippen LogP contribution >= 0.6 is 45.5 Å². The van der Waals surface area contributed by atoms with Gasteiger partial charge < -0.3 is 20.1 Å². The quantitative estimate of drug-likeness (QED) is 0.179. The van der Waals surface area contributed by atoms with E-state index < -0.39 is 6.03 Å². The van der Waals surface area contributed by atoms with E-state index in [9.17, 15) is 9.59 Å². The van der Waals surface area contributed by atoms with Gasteiger partial charge in [0.25, 0.3) is 5.91 Å². The van der Waals surface area contributed by atoms with Crippen molar-refractivity contribution < 1.29 is 19.1 Å². The van der Waals surface area contributed by atoms with Gasteiger partial charge >= 0.3 is 6.03 Å². The molecule has 13 heteroatoms. The summed E-state index contributed by atoms with van der Waals surface area (Å²) < 4.78 is 11.4. The van der Waals surface area contributed by atoms with Gasteiger partial charge in [-0.2, -0.15) is 0 Å². The zero-order valence-electron chi connectivity index (χ0n) is 21.4. The molecule has 4 heterocycles. The standard InChI is InChI=1S/C27H24ClIN6O4S/c1-38-20-11-19(16(12-29)10-18(20)28)35-24-21-22(33-27(35)37)23(40-26(21)31-14-30-24)25(36)32-17-4-2-15(3-5-17)13-34-6-8-39-9-7-34/h2-5,10-11,14H,6-9,12-13H2,1H3,(H,32,36)(H,33,37). The molecular weight excluding hydrogens is 667 g/mol. The first kappa shape index (κ1) is 27.1. The van der Waals surface area contributed by atoms with E-state index in [1.807, 2.05) is 24.3 Å². The van der Waals surface area contributed by atoms with Crippen molar-refractivity contribution in [2.45, 2.75) is 11.0 Å². The van der Waals surface area contributed by atoms with Crippen LogP contribution in [0.25, 0.3) is 10.2 Å². The molecule has 10 nitrogen and oxygen atoms in total. The molecule has 40 heavy (non-hydrogen) atoms. The Kier molecular flexibility index (Phi) is 7.77. The van der Waals surface area contributed by atoms with E-state index in [1.54, 1.807) is 12.1 Å². The third-order valence-electron chi connectivity index (χ3n) is 6.78. The number of hydrogen-bond donors (Lipinski definition) is 2. The fourth-order valence-electron chi connectivity index (χ4n) is 4.80. The minimum atomic E-state index is -0.442. The topological polar surface area (TPSA) is 109 Å². The van der Waals surface area contributed by atoms with Gasteiger partial charge in [-0.15, -0.1) is 11.3 Å². The van der Waals surface area contributed by atoms with E-state index in [0.29, 0.717) is 53.2 Å². The van der Waals surface area contributed by atoms with Crippen LogP contribution in [0.1, 0.15) is 20.8 Å². The van der Waals surface area contributed by atoms with Gasteiger partial charge in [0.1, 0.15) is 21.8 Å². The minimum Gasteiger partial charge on any atom is -0.495 e. The second kappa shape index (κ2) is 11.4. The molecule has 2 N–H and O–H groups in total. The maximum Gasteiger partial charge on any atom is 0.332 e. The highest BCUT2D eigenvalue weighted by Crippen LogP contribution is 2.46. The lowest BCUT2D eigenvalue weighted by Crippen LogP contribution is -2.35. The molecule has 6 rings (SSSR count). The highest BCUT2D eigenvalue weighted by Gasteiger charge is 2.35. The Hall–Kier alpha value is -3.04. The fraction of sp³-hybridized carbons (Fsp3) is 0.259. The normalized spacial score (nSPS) is 15.3. The van der Waals surface area contributed by atoms with E-state index in [2.05, 4.69) is 48.1 Å². The molecule has 1 saturated heterocycles. The third kappa shape index (κ3) is 5.09. The number of nitrogens with one attached hydrogen (secondary N) is 2. The minimum absolute atomic E-state index is 0.334. The number of thiophene rings is 1. The molecular formula is C27H24ClIN6O4S. The van der Waals surface area contributed by atoms with Crippen molar-refractivity contribution in [2.75, 3.05) is 48.9 Å². The number of carbonyl (C=O) groups excluding carboxylic acids is 2. The Bertz CT molecular complexity index is 1610. The zero-order valence-corrected chi connectivity index (χ0v) is 25.1. The number of benzene rings is 2. The van der Waals surface area contributed by atoms with Gasteiger partial charge in [0.05, 0.1) is 42.1 Å². The third-order valence-corrected chi connectivity index (χ3v) is 8.99. The first-order valence-electron chi connectivity index (χ1n) is 12.5. The lowest BCUT2D eigenvalue weighted by molar-refractivity contribution is 0.0342. The second-order valence-corrected chi connectivity index (χ2v) is 11.4. The lowest BCUT2D eigenvalue weighted by Gasteiger charge is -2.29. The van der Waals surface area contributed by atoms with Crippen molar-refractivity contribution in [1.82, 2.24) is 14.9 Å². The van der Waals surface area contributed by atoms with E-state index in [1.165, 1.54) is 29.7 Å². The fourth-order valence-corrected chi connectivity index (χ4v) is 6.67. The SMILES string of the molecule is COc1cc(N2C(=O)Nc3c(C(=O)Nc4ccc(CN5CCOCC5)cc4)sc4ncnc2c34)c(CI)cc1Cl. The number of rotatable bonds is 7. The Morgan fingerprint density at radius 1 is 1.23 bits per heavy atom. The van der Waals surface area contributed by atoms with Gasteiger partial charge in [-0.05, 0) is 29.3 Å². The number of carbonyl (C=O) groups is 2. The lowest BCUT2D eigenvalue weighted by atomic mass is 10.1. The number of methoxy groups -OCH3 is 1. The van der Waals surface area contributed by atoms with Crippen LogP contribution in [0.4, 0.5) is 27.7 Å². The molecule has 2 aliphatic rings. The van der Waals surface area contributed by atoms with Crippen molar-refractivity contribution in [3.8, 4) is 5.75 Å². The molecule has 0 unspecified atom stereocenters. The van der Waals surface area contributed by atoms with Crippen molar-refractivity contribution >= 4 is 90.6 Å². The van der Waals surface area contributed by atoms with Gasteiger partial charge in [-0.3, -0.25) is 9.69 Å². The van der Waals surface area contributed by atoms with Crippen LogP contribution in [0.3, 0.4) is 0 Å². The molecule has 0 radical (unpaired) electrons. The van der Waals surface area contributed by atoms with Crippen LogP contribution in [0, 0.1) is 0 Å². The van der Waals surface area contributed by atoms with E-state index >= 15 is 0 Å². The van der Waals surface area contributed by atoms with Crippen LogP contribution in [0.15, 0.2) is 42.7 Å². The molecule has 206 valence electrons. The highest BCUT2D eigenvalue weighted by atomic mass is 127. The number of hydrogen-bond acceptors (Lipinski definition) is 8. The molecule has 4 aromatic rings. The second-order valence-electron chi connectivity index (χ2n) is 9.24. The Morgan fingerprint density at radius 3 is 2.73 bits per heavy atom. The molecule has 0 spiro atoms. The van der Waals surface area contributed by atoms with E-state index in [-0.39, 0.29) is 5.91 Å². The molecule has 0 bridgehead atoms. The summed E-state index contributed by atoms with van der Waals surface area (Å²) in [5, 5.41) is 6.92. The van der Waals surface area contributed by atoms with Crippen LogP contribution in [-0.4, -0.2) is 60.2 Å². The van der Waals surface area contributed by atoms with Crippen molar-refractivity contribution in [3.05, 3.63) is 63.8 Å². The Labute approximate surface area is 252 Å². The van der Waals surface area contributed by atoms with Crippen molar-refractivity contribution in [2.24, 2.45) is 0 Å². The summed E-state index contributed by atoms with van der Waals surface area (Å²) in [5.41, 5.74) is 3.65. The van der Waals surface area contributed by atoms with Crippen molar-refractivity contribution in [3.63, 3.8) is 0 Å². The summed E-state index contributed by atoms with van der Waals surface area (Å²) >= 11 is 9.78. The average molecular weight is 691 g/mol. The maximum atomic E-state index is 13.5. The van der Waals surface area contributed by atoms with E-state index in [4.69, 9.17) is 21.1 Å². The first-order chi connectivity index (χ1) is 19.5. The summed E-state index contributed by atoms with van der Waals surface area (Å²) in [5.74, 6) is 0.497. The molecule has 3 amide bonds. The van der Waals surface area contributed by atoms with Crippen LogP contribution < -0.4 is 20.3 Å². The van der Waals surface area contributed by atoms with Crippen LogP contribution in [0.5, 0.6) is 5.75 Å². The molecule has 0 atom stereocenters. The van der Waals surface area contributed by atoms with Gasteiger partial charge in [-0.25, -0.2) is 19.7 Å². The number of halogens is 2. The monoisotopic (exact) mass is 690 g/mol. The van der Waals surface area contributed by atoms with Gasteiger partial charge in [-0.1, -0.05) is 46.3 Å². The number of urea groups is 1. The van der Waals surface area contributed by atoms with Gasteiger partial charge in [0.2, 0.25) is 0 Å². The summed E-state index contributed by atoms with van der Waals surface area (Å²) in [4.78, 5) is 40.5. The summed E-state index contributed by atoms with van der Waals surface area (Å²) in [6.45, 7) is 4.15.